The number of thioether (sulfide) groups is 1. The van der Waals surface area contributed by atoms with Crippen molar-refractivity contribution in [3.63, 3.8) is 0 Å². The summed E-state index contributed by atoms with van der Waals surface area (Å²) in [5.74, 6) is -0.377. The third kappa shape index (κ3) is 3.23. The quantitative estimate of drug-likeness (QED) is 0.443. The van der Waals surface area contributed by atoms with E-state index in [1.807, 2.05) is 0 Å². The van der Waals surface area contributed by atoms with Gasteiger partial charge in [0.15, 0.2) is 0 Å². The van der Waals surface area contributed by atoms with Crippen molar-refractivity contribution in [2.24, 2.45) is 10.6 Å². The second-order valence-electron chi connectivity index (χ2n) is 5.36. The van der Waals surface area contributed by atoms with Crippen LogP contribution in [0, 0.1) is 5.41 Å². The summed E-state index contributed by atoms with van der Waals surface area (Å²) in [4.78, 5) is 15.8. The molecule has 0 fully saturated rings. The van der Waals surface area contributed by atoms with E-state index in [9.17, 15) is 4.79 Å². The SMILES string of the molecule is CSc1sc(Br)c2c1C(=NOC(C)=O)CC(C)(C)C2. The molecule has 1 aromatic rings. The minimum absolute atomic E-state index is 0.130. The van der Waals surface area contributed by atoms with E-state index in [1.54, 1.807) is 23.1 Å². The lowest BCUT2D eigenvalue weighted by atomic mass is 9.75. The number of halogens is 1. The molecule has 0 N–H and O–H groups in total. The molecule has 1 aliphatic carbocycles. The van der Waals surface area contributed by atoms with Gasteiger partial charge in [-0.25, -0.2) is 4.79 Å². The van der Waals surface area contributed by atoms with Crippen LogP contribution in [-0.2, 0) is 16.1 Å². The maximum Gasteiger partial charge on any atom is 0.331 e. The second kappa shape index (κ2) is 5.58. The zero-order valence-corrected chi connectivity index (χ0v) is 14.6. The predicted octanol–water partition coefficient (Wildman–Crippen LogP) is 4.47. The molecule has 0 saturated carbocycles. The fraction of sp³-hybridized carbons (Fsp3) is 0.538. The molecule has 0 atom stereocenters. The highest BCUT2D eigenvalue weighted by atomic mass is 79.9. The van der Waals surface area contributed by atoms with Gasteiger partial charge in [0, 0.05) is 12.5 Å². The van der Waals surface area contributed by atoms with Crippen LogP contribution >= 0.6 is 39.0 Å². The molecular weight excluding hydrogens is 346 g/mol. The highest BCUT2D eigenvalue weighted by Gasteiger charge is 2.34. The Morgan fingerprint density at radius 3 is 2.74 bits per heavy atom. The summed E-state index contributed by atoms with van der Waals surface area (Å²) in [5.41, 5.74) is 3.46. The first-order valence-corrected chi connectivity index (χ1v) is 8.77. The first-order valence-electron chi connectivity index (χ1n) is 5.94. The van der Waals surface area contributed by atoms with E-state index in [2.05, 4.69) is 41.2 Å². The Morgan fingerprint density at radius 1 is 1.47 bits per heavy atom. The summed E-state index contributed by atoms with van der Waals surface area (Å²) in [7, 11) is 0. The highest BCUT2D eigenvalue weighted by Crippen LogP contribution is 2.46. The van der Waals surface area contributed by atoms with Crippen molar-refractivity contribution in [1.82, 2.24) is 0 Å². The number of hydrogen-bond donors (Lipinski definition) is 0. The summed E-state index contributed by atoms with van der Waals surface area (Å²) in [5, 5.41) is 4.08. The third-order valence-electron chi connectivity index (χ3n) is 2.99. The van der Waals surface area contributed by atoms with E-state index < -0.39 is 0 Å². The van der Waals surface area contributed by atoms with Crippen molar-refractivity contribution in [2.75, 3.05) is 6.26 Å². The zero-order chi connectivity index (χ0) is 14.2. The molecular formula is C13H16BrNO2S2. The molecule has 104 valence electrons. The normalized spacial score (nSPS) is 19.3. The largest absolute Gasteiger partial charge is 0.331 e. The van der Waals surface area contributed by atoms with Crippen molar-refractivity contribution < 1.29 is 9.63 Å². The smallest absolute Gasteiger partial charge is 0.318 e. The van der Waals surface area contributed by atoms with Gasteiger partial charge in [0.05, 0.1) is 13.7 Å². The Hall–Kier alpha value is -0.330. The number of nitrogens with zero attached hydrogens (tertiary/aromatic N) is 1. The van der Waals surface area contributed by atoms with Crippen LogP contribution in [0.4, 0.5) is 0 Å². The van der Waals surface area contributed by atoms with Gasteiger partial charge in [-0.3, -0.25) is 0 Å². The van der Waals surface area contributed by atoms with Gasteiger partial charge >= 0.3 is 5.97 Å². The molecule has 3 nitrogen and oxygen atoms in total. The first-order chi connectivity index (χ1) is 8.84. The second-order valence-corrected chi connectivity index (χ2v) is 8.77. The Bertz CT molecular complexity index is 549. The van der Waals surface area contributed by atoms with Crippen molar-refractivity contribution in [3.05, 3.63) is 14.9 Å². The average molecular weight is 362 g/mol. The minimum atomic E-state index is -0.377. The van der Waals surface area contributed by atoms with E-state index in [1.165, 1.54) is 16.7 Å². The summed E-state index contributed by atoms with van der Waals surface area (Å²) in [6.45, 7) is 5.79. The van der Waals surface area contributed by atoms with Crippen LogP contribution in [0.3, 0.4) is 0 Å². The van der Waals surface area contributed by atoms with Crippen LogP contribution in [0.1, 0.15) is 38.3 Å². The molecule has 0 aromatic carbocycles. The minimum Gasteiger partial charge on any atom is -0.318 e. The Morgan fingerprint density at radius 2 is 2.16 bits per heavy atom. The van der Waals surface area contributed by atoms with Gasteiger partial charge in [-0.2, -0.15) is 0 Å². The van der Waals surface area contributed by atoms with Crippen molar-refractivity contribution in [2.45, 2.75) is 37.8 Å². The van der Waals surface area contributed by atoms with Gasteiger partial charge in [0.25, 0.3) is 0 Å². The van der Waals surface area contributed by atoms with Gasteiger partial charge < -0.3 is 4.84 Å². The Kier molecular flexibility index (Phi) is 4.42. The van der Waals surface area contributed by atoms with Gasteiger partial charge in [0.2, 0.25) is 0 Å². The molecule has 1 aliphatic rings. The molecule has 1 heterocycles. The lowest BCUT2D eigenvalue weighted by Crippen LogP contribution is -2.27. The number of rotatable bonds is 2. The molecule has 2 rings (SSSR count). The van der Waals surface area contributed by atoms with E-state index >= 15 is 0 Å². The van der Waals surface area contributed by atoms with Crippen LogP contribution in [0.15, 0.2) is 13.2 Å². The van der Waals surface area contributed by atoms with Crippen molar-refractivity contribution >= 4 is 50.7 Å². The third-order valence-corrected chi connectivity index (χ3v) is 6.09. The molecule has 6 heteroatoms. The Balaban J connectivity index is 2.52. The van der Waals surface area contributed by atoms with Crippen LogP contribution in [0.2, 0.25) is 0 Å². The summed E-state index contributed by atoms with van der Waals surface area (Å²) >= 11 is 7.08. The van der Waals surface area contributed by atoms with Crippen molar-refractivity contribution in [1.29, 1.82) is 0 Å². The standard InChI is InChI=1S/C13H16BrNO2S2/c1-7(16)17-15-9-6-13(2,3)5-8-10(9)12(18-4)19-11(8)14/h5-6H2,1-4H3. The molecule has 0 radical (unpaired) electrons. The van der Waals surface area contributed by atoms with Gasteiger partial charge in [-0.15, -0.1) is 23.1 Å². The number of fused-ring (bicyclic) bond motifs is 1. The lowest BCUT2D eigenvalue weighted by molar-refractivity contribution is -0.140. The predicted molar refractivity (Wildman–Crippen MR) is 84.2 cm³/mol. The summed E-state index contributed by atoms with van der Waals surface area (Å²) < 4.78 is 2.39. The number of carbonyl (C=O) groups excluding carboxylic acids is 1. The number of carbonyl (C=O) groups is 1. The summed E-state index contributed by atoms with van der Waals surface area (Å²) in [6.07, 6.45) is 3.89. The van der Waals surface area contributed by atoms with Gasteiger partial charge in [-0.05, 0) is 46.0 Å². The molecule has 0 bridgehead atoms. The van der Waals surface area contributed by atoms with E-state index in [0.29, 0.717) is 0 Å². The molecule has 0 saturated heterocycles. The first kappa shape index (κ1) is 15.1. The van der Waals surface area contributed by atoms with Crippen molar-refractivity contribution in [3.8, 4) is 0 Å². The monoisotopic (exact) mass is 361 g/mol. The van der Waals surface area contributed by atoms with Crippen LogP contribution in [-0.4, -0.2) is 17.9 Å². The van der Waals surface area contributed by atoms with Crippen LogP contribution < -0.4 is 0 Å². The number of thiophene rings is 1. The molecule has 0 unspecified atom stereocenters. The number of hydrogen-bond acceptors (Lipinski definition) is 5. The Labute approximate surface area is 129 Å². The van der Waals surface area contributed by atoms with Crippen LogP contribution in [0.25, 0.3) is 0 Å². The molecule has 19 heavy (non-hydrogen) atoms. The van der Waals surface area contributed by atoms with Crippen LogP contribution in [0.5, 0.6) is 0 Å². The fourth-order valence-corrected chi connectivity index (χ4v) is 5.27. The van der Waals surface area contributed by atoms with Gasteiger partial charge in [0.1, 0.15) is 0 Å². The maximum absolute atomic E-state index is 11.0. The highest BCUT2D eigenvalue weighted by molar-refractivity contribution is 9.11. The fourth-order valence-electron chi connectivity index (χ4n) is 2.29. The summed E-state index contributed by atoms with van der Waals surface area (Å²) in [6, 6.07) is 0. The molecule has 1 aromatic heterocycles. The van der Waals surface area contributed by atoms with E-state index in [0.717, 1.165) is 27.9 Å². The van der Waals surface area contributed by atoms with E-state index in [4.69, 9.17) is 4.84 Å². The average Bonchev–Trinajstić information content (AvgIpc) is 2.62. The molecule has 0 spiro atoms. The lowest BCUT2D eigenvalue weighted by Gasteiger charge is -2.30. The molecule has 0 aliphatic heterocycles. The zero-order valence-electron chi connectivity index (χ0n) is 11.4. The maximum atomic E-state index is 11.0. The van der Waals surface area contributed by atoms with E-state index in [-0.39, 0.29) is 11.4 Å². The topological polar surface area (TPSA) is 38.7 Å². The van der Waals surface area contributed by atoms with Gasteiger partial charge in [-0.1, -0.05) is 19.0 Å². The molecule has 0 amide bonds. The number of oxime groups is 1.